The van der Waals surface area contributed by atoms with Crippen molar-refractivity contribution >= 4 is 0 Å². The van der Waals surface area contributed by atoms with Crippen LogP contribution in [-0.4, -0.2) is 56.1 Å². The second-order valence-electron chi connectivity index (χ2n) is 28.1. The molecule has 12 fully saturated rings. The Balaban J connectivity index is 0.000000109. The maximum Gasteiger partial charge on any atom is 0.0678 e. The normalized spacial score (nSPS) is 53.1. The van der Waals surface area contributed by atoms with Crippen LogP contribution in [0.15, 0.2) is 0 Å². The van der Waals surface area contributed by atoms with Crippen molar-refractivity contribution in [3.05, 3.63) is 0 Å². The summed E-state index contributed by atoms with van der Waals surface area (Å²) >= 11 is 0. The predicted molar refractivity (Wildman–Crippen MR) is 254 cm³/mol. The maximum atomic E-state index is 10.1. The summed E-state index contributed by atoms with van der Waals surface area (Å²) in [7, 11) is 0. The summed E-state index contributed by atoms with van der Waals surface area (Å²) in [6, 6.07) is 0. The van der Waals surface area contributed by atoms with Gasteiger partial charge in [-0.1, -0.05) is 101 Å². The van der Waals surface area contributed by atoms with E-state index in [1.54, 1.807) is 0 Å². The van der Waals surface area contributed by atoms with Gasteiger partial charge >= 0.3 is 0 Å². The van der Waals surface area contributed by atoms with E-state index < -0.39 is 0 Å². The van der Waals surface area contributed by atoms with E-state index in [9.17, 15) is 20.4 Å². The van der Waals surface area contributed by atoms with Gasteiger partial charge in [-0.2, -0.15) is 0 Å². The lowest BCUT2D eigenvalue weighted by Gasteiger charge is -2.57. The molecule has 0 aromatic carbocycles. The van der Waals surface area contributed by atoms with E-state index in [1.807, 2.05) is 20.8 Å². The standard InChI is InChI=1S/C17H28O.C11H18O.C11H20O.C10H18O.C8H16O/c1-13(2)6-5-7-14(3)9-16(11-18)10-15(16,4)12-8-17(12,13)14;12-9-4-3-7-11(9)8-10(11)5-1-2-6-10;1-8(12)11-6-4-5-10(2,3)9(11)7-11;1-4-10-6-5-9(3,11)8(10,2)7-10;1-3-7-5-8(7)4-6(2)9/h12,18H,5-11H2,1-4H3;9,12H,1-8H2;8-9,12H,4-7H2,1-3H3;11H,4-7H2,1-3H3;6-9H,3-5H2,1-2H3. The van der Waals surface area contributed by atoms with Crippen molar-refractivity contribution < 1.29 is 25.5 Å². The molecule has 358 valence electrons. The first kappa shape index (κ1) is 48.3. The molecule has 62 heavy (non-hydrogen) atoms. The van der Waals surface area contributed by atoms with Gasteiger partial charge < -0.3 is 25.5 Å². The predicted octanol–water partition coefficient (Wildman–Crippen LogP) is 13.2. The van der Waals surface area contributed by atoms with Crippen molar-refractivity contribution in [1.82, 2.24) is 0 Å². The summed E-state index contributed by atoms with van der Waals surface area (Å²) in [6.45, 7) is 27.9. The number of aliphatic hydroxyl groups is 5. The monoisotopic (exact) mass is 865 g/mol. The molecule has 5 N–H and O–H groups in total. The molecule has 0 saturated heterocycles. The van der Waals surface area contributed by atoms with Crippen LogP contribution in [0.3, 0.4) is 0 Å². The lowest BCUT2D eigenvalue weighted by atomic mass is 9.47. The van der Waals surface area contributed by atoms with Gasteiger partial charge in [-0.05, 0) is 210 Å². The Morgan fingerprint density at radius 1 is 0.645 bits per heavy atom. The van der Waals surface area contributed by atoms with Gasteiger partial charge in [0, 0.05) is 22.9 Å². The number of rotatable bonds is 6. The van der Waals surface area contributed by atoms with Crippen LogP contribution >= 0.6 is 0 Å². The SMILES string of the molecule is CC(O)C12CCCC(C)(C)C1C2.CC1(C)CCCC2(C)CC3(CO)CC3(C)C3CC312.CCC12CCC(C)(O)C1(C)C2.CCC1CC1CC(C)O.OC1CCCC12CC21CCCC1. The fraction of sp³-hybridized carbons (Fsp3) is 1.00. The molecule has 16 atom stereocenters. The quantitative estimate of drug-likeness (QED) is 0.183. The third-order valence-electron chi connectivity index (χ3n) is 24.5. The Labute approximate surface area is 381 Å². The third kappa shape index (κ3) is 7.09. The van der Waals surface area contributed by atoms with Gasteiger partial charge in [0.05, 0.1) is 23.9 Å². The largest absolute Gasteiger partial charge is 0.396 e. The fourth-order valence-electron chi connectivity index (χ4n) is 19.6. The topological polar surface area (TPSA) is 101 Å². The summed E-state index contributed by atoms with van der Waals surface area (Å²) in [4.78, 5) is 0. The zero-order valence-corrected chi connectivity index (χ0v) is 42.7. The van der Waals surface area contributed by atoms with Gasteiger partial charge in [0.15, 0.2) is 0 Å². The van der Waals surface area contributed by atoms with E-state index in [-0.39, 0.29) is 29.3 Å². The van der Waals surface area contributed by atoms with Crippen molar-refractivity contribution in [1.29, 1.82) is 0 Å². The Morgan fingerprint density at radius 2 is 1.32 bits per heavy atom. The van der Waals surface area contributed by atoms with Gasteiger partial charge in [-0.15, -0.1) is 0 Å². The van der Waals surface area contributed by atoms with Crippen molar-refractivity contribution in [2.24, 2.45) is 83.2 Å². The summed E-state index contributed by atoms with van der Waals surface area (Å²) in [6.07, 6.45) is 32.6. The van der Waals surface area contributed by atoms with E-state index in [4.69, 9.17) is 5.11 Å². The average molecular weight is 865 g/mol. The second kappa shape index (κ2) is 15.4. The molecular weight excluding hydrogens is 765 g/mol. The highest BCUT2D eigenvalue weighted by Crippen LogP contribution is 2.93. The molecule has 0 bridgehead atoms. The van der Waals surface area contributed by atoms with Crippen LogP contribution in [0, 0.1) is 83.2 Å². The van der Waals surface area contributed by atoms with Crippen molar-refractivity contribution in [3.63, 3.8) is 0 Å². The number of hydrogen-bond acceptors (Lipinski definition) is 5. The molecule has 12 rings (SSSR count). The first-order valence-electron chi connectivity index (χ1n) is 27.1. The molecule has 5 heteroatoms. The summed E-state index contributed by atoms with van der Waals surface area (Å²) in [5.74, 6) is 3.51. The maximum absolute atomic E-state index is 10.1. The van der Waals surface area contributed by atoms with Crippen LogP contribution in [0.4, 0.5) is 0 Å². The van der Waals surface area contributed by atoms with Crippen molar-refractivity contribution in [2.75, 3.05) is 6.61 Å². The van der Waals surface area contributed by atoms with Crippen molar-refractivity contribution in [2.45, 2.75) is 268 Å². The molecular formula is C57H100O5. The molecule has 12 aliphatic rings. The van der Waals surface area contributed by atoms with Gasteiger partial charge in [-0.25, -0.2) is 0 Å². The average Bonchev–Trinajstić information content (AvgIpc) is 3.95. The molecule has 0 aromatic rings. The zero-order chi connectivity index (χ0) is 45.4. The van der Waals surface area contributed by atoms with Gasteiger partial charge in [-0.3, -0.25) is 0 Å². The molecule has 0 heterocycles. The summed E-state index contributed by atoms with van der Waals surface area (Å²) in [5.41, 5.74) is 4.76. The first-order chi connectivity index (χ1) is 28.8. The Kier molecular flexibility index (Phi) is 12.0. The zero-order valence-electron chi connectivity index (χ0n) is 42.7. The highest BCUT2D eigenvalue weighted by Gasteiger charge is 2.87. The van der Waals surface area contributed by atoms with E-state index >= 15 is 0 Å². The van der Waals surface area contributed by atoms with E-state index in [0.29, 0.717) is 60.8 Å². The smallest absolute Gasteiger partial charge is 0.0678 e. The third-order valence-corrected chi connectivity index (χ3v) is 24.5. The molecule has 0 radical (unpaired) electrons. The molecule has 0 amide bonds. The van der Waals surface area contributed by atoms with Crippen LogP contribution in [0.2, 0.25) is 0 Å². The molecule has 3 spiro atoms. The van der Waals surface area contributed by atoms with Crippen molar-refractivity contribution in [3.8, 4) is 0 Å². The minimum absolute atomic E-state index is 0.0654. The Hall–Kier alpha value is -0.200. The molecule has 5 nitrogen and oxygen atoms in total. The van der Waals surface area contributed by atoms with Gasteiger partial charge in [0.1, 0.15) is 0 Å². The van der Waals surface area contributed by atoms with Gasteiger partial charge in [0.2, 0.25) is 0 Å². The highest BCUT2D eigenvalue weighted by atomic mass is 16.3. The lowest BCUT2D eigenvalue weighted by molar-refractivity contribution is -0.0959. The summed E-state index contributed by atoms with van der Waals surface area (Å²) < 4.78 is 0. The molecule has 12 saturated carbocycles. The second-order valence-corrected chi connectivity index (χ2v) is 28.1. The highest BCUT2D eigenvalue weighted by molar-refractivity contribution is 5.35. The van der Waals surface area contributed by atoms with Crippen LogP contribution < -0.4 is 0 Å². The minimum Gasteiger partial charge on any atom is -0.396 e. The fourth-order valence-corrected chi connectivity index (χ4v) is 19.6. The van der Waals surface area contributed by atoms with Gasteiger partial charge in [0.25, 0.3) is 0 Å². The number of hydrogen-bond donors (Lipinski definition) is 5. The Morgan fingerprint density at radius 3 is 1.81 bits per heavy atom. The van der Waals surface area contributed by atoms with E-state index in [0.717, 1.165) is 42.9 Å². The first-order valence-corrected chi connectivity index (χ1v) is 27.1. The Bertz CT molecular complexity index is 1640. The van der Waals surface area contributed by atoms with E-state index in [1.165, 1.54) is 141 Å². The molecule has 0 aliphatic heterocycles. The van der Waals surface area contributed by atoms with Crippen LogP contribution in [-0.2, 0) is 0 Å². The van der Waals surface area contributed by atoms with E-state index in [2.05, 4.69) is 62.3 Å². The molecule has 12 aliphatic carbocycles. The molecule has 0 aromatic heterocycles. The molecule has 16 unspecified atom stereocenters. The number of fused-ring (bicyclic) bond motifs is 5. The van der Waals surface area contributed by atoms with Crippen LogP contribution in [0.5, 0.6) is 0 Å². The van der Waals surface area contributed by atoms with Crippen LogP contribution in [0.1, 0.15) is 244 Å². The number of aliphatic hydroxyl groups excluding tert-OH is 4. The lowest BCUT2D eigenvalue weighted by Crippen LogP contribution is -2.51. The summed E-state index contributed by atoms with van der Waals surface area (Å²) in [5, 5.41) is 48.6. The van der Waals surface area contributed by atoms with Crippen LogP contribution in [0.25, 0.3) is 0 Å². The minimum atomic E-state index is -0.372.